The molecule has 0 spiro atoms. The van der Waals surface area contributed by atoms with E-state index in [4.69, 9.17) is 0 Å². The van der Waals surface area contributed by atoms with Gasteiger partial charge in [-0.15, -0.1) is 0 Å². The minimum absolute atomic E-state index is 0.249. The van der Waals surface area contributed by atoms with E-state index in [-0.39, 0.29) is 5.91 Å². The number of pyridine rings is 1. The van der Waals surface area contributed by atoms with Crippen LogP contribution < -0.4 is 11.1 Å². The van der Waals surface area contributed by atoms with E-state index in [2.05, 4.69) is 40.9 Å². The minimum atomic E-state index is -0.605. The monoisotopic (exact) mass is 312 g/mol. The van der Waals surface area contributed by atoms with Gasteiger partial charge in [-0.3, -0.25) is 14.3 Å². The lowest BCUT2D eigenvalue weighted by Gasteiger charge is -2.04. The largest absolute Gasteiger partial charge is 0.438 e. The Morgan fingerprint density at radius 1 is 1.56 bits per heavy atom. The predicted molar refractivity (Wildman–Crippen MR) is 65.1 cm³/mol. The van der Waals surface area contributed by atoms with Crippen LogP contribution in [0.3, 0.4) is 0 Å². The van der Waals surface area contributed by atoms with Gasteiger partial charge < -0.3 is 5.32 Å². The molecule has 0 aliphatic heterocycles. The second kappa shape index (κ2) is 5.58. The third-order valence-electron chi connectivity index (χ3n) is 2.14. The standard InChI is InChI=1S/C10H9BrN4O3/c11-8-6(2-1-4-12-8)9(16)13-5-3-7-14-10(17)18-15-7/h1-2,4H,3,5H2,(H,13,16)(H,14,15,17). The van der Waals surface area contributed by atoms with Crippen molar-refractivity contribution in [3.05, 3.63) is 44.9 Å². The van der Waals surface area contributed by atoms with E-state index < -0.39 is 5.76 Å². The number of rotatable bonds is 4. The summed E-state index contributed by atoms with van der Waals surface area (Å²) in [6.07, 6.45) is 1.97. The summed E-state index contributed by atoms with van der Waals surface area (Å²) in [5.74, 6) is -0.460. The lowest BCUT2D eigenvalue weighted by atomic mass is 10.2. The van der Waals surface area contributed by atoms with E-state index in [1.165, 1.54) is 0 Å². The molecule has 18 heavy (non-hydrogen) atoms. The molecule has 2 aromatic heterocycles. The average molecular weight is 313 g/mol. The molecule has 0 fully saturated rings. The molecule has 2 heterocycles. The molecule has 2 aromatic rings. The average Bonchev–Trinajstić information content (AvgIpc) is 2.75. The second-order valence-corrected chi connectivity index (χ2v) is 4.14. The maximum Gasteiger partial charge on any atom is 0.438 e. The summed E-state index contributed by atoms with van der Waals surface area (Å²) in [5, 5.41) is 6.17. The first-order valence-electron chi connectivity index (χ1n) is 5.10. The Balaban J connectivity index is 1.89. The normalized spacial score (nSPS) is 10.3. The van der Waals surface area contributed by atoms with Crippen LogP contribution in [-0.4, -0.2) is 27.6 Å². The van der Waals surface area contributed by atoms with Gasteiger partial charge in [0, 0.05) is 19.2 Å². The SMILES string of the molecule is O=C(NCCc1noc(=O)[nH]1)c1cccnc1Br. The van der Waals surface area contributed by atoms with Gasteiger partial charge in [-0.25, -0.2) is 9.78 Å². The van der Waals surface area contributed by atoms with Crippen molar-refractivity contribution in [2.75, 3.05) is 6.54 Å². The van der Waals surface area contributed by atoms with Gasteiger partial charge in [0.05, 0.1) is 5.56 Å². The first kappa shape index (κ1) is 12.5. The number of H-pyrrole nitrogens is 1. The van der Waals surface area contributed by atoms with Crippen molar-refractivity contribution < 1.29 is 9.32 Å². The Morgan fingerprint density at radius 2 is 2.39 bits per heavy atom. The van der Waals surface area contributed by atoms with E-state index in [0.29, 0.717) is 29.0 Å². The zero-order valence-electron chi connectivity index (χ0n) is 9.14. The lowest BCUT2D eigenvalue weighted by Crippen LogP contribution is -2.26. The van der Waals surface area contributed by atoms with Crippen LogP contribution >= 0.6 is 15.9 Å². The highest BCUT2D eigenvalue weighted by Gasteiger charge is 2.09. The minimum Gasteiger partial charge on any atom is -0.351 e. The molecule has 0 aromatic carbocycles. The molecule has 2 N–H and O–H groups in total. The molecule has 2 rings (SSSR count). The van der Waals surface area contributed by atoms with Crippen LogP contribution in [0.4, 0.5) is 0 Å². The predicted octanol–water partition coefficient (Wildman–Crippen LogP) is 0.493. The first-order valence-corrected chi connectivity index (χ1v) is 5.89. The smallest absolute Gasteiger partial charge is 0.351 e. The van der Waals surface area contributed by atoms with Crippen LogP contribution in [0.15, 0.2) is 32.3 Å². The van der Waals surface area contributed by atoms with Crippen molar-refractivity contribution in [2.45, 2.75) is 6.42 Å². The molecular formula is C10H9BrN4O3. The van der Waals surface area contributed by atoms with Crippen LogP contribution in [0.25, 0.3) is 0 Å². The topological polar surface area (TPSA) is 101 Å². The number of hydrogen-bond acceptors (Lipinski definition) is 5. The van der Waals surface area contributed by atoms with Crippen LogP contribution in [0.2, 0.25) is 0 Å². The fourth-order valence-electron chi connectivity index (χ4n) is 1.31. The van der Waals surface area contributed by atoms with Crippen molar-refractivity contribution in [3.8, 4) is 0 Å². The molecule has 0 aliphatic carbocycles. The van der Waals surface area contributed by atoms with Crippen LogP contribution in [0.1, 0.15) is 16.2 Å². The molecule has 1 amide bonds. The van der Waals surface area contributed by atoms with E-state index in [1.54, 1.807) is 18.3 Å². The Kier molecular flexibility index (Phi) is 3.88. The van der Waals surface area contributed by atoms with Crippen LogP contribution in [0.5, 0.6) is 0 Å². The zero-order valence-corrected chi connectivity index (χ0v) is 10.7. The number of aromatic amines is 1. The summed E-state index contributed by atoms with van der Waals surface area (Å²) in [6, 6.07) is 3.33. The van der Waals surface area contributed by atoms with Gasteiger partial charge in [0.2, 0.25) is 0 Å². The number of nitrogens with one attached hydrogen (secondary N) is 2. The molecule has 0 aliphatic rings. The maximum atomic E-state index is 11.8. The van der Waals surface area contributed by atoms with Crippen molar-refractivity contribution in [2.24, 2.45) is 0 Å². The molecule has 94 valence electrons. The van der Waals surface area contributed by atoms with Gasteiger partial charge in [-0.05, 0) is 28.1 Å². The Morgan fingerprint density at radius 3 is 3.06 bits per heavy atom. The van der Waals surface area contributed by atoms with Crippen molar-refractivity contribution in [3.63, 3.8) is 0 Å². The highest BCUT2D eigenvalue weighted by molar-refractivity contribution is 9.10. The summed E-state index contributed by atoms with van der Waals surface area (Å²) in [5.41, 5.74) is 0.450. The summed E-state index contributed by atoms with van der Waals surface area (Å²) in [4.78, 5) is 28.8. The van der Waals surface area contributed by atoms with E-state index >= 15 is 0 Å². The number of amides is 1. The van der Waals surface area contributed by atoms with Crippen LogP contribution in [0, 0.1) is 0 Å². The third kappa shape index (κ3) is 3.04. The van der Waals surface area contributed by atoms with Crippen molar-refractivity contribution in [1.29, 1.82) is 0 Å². The van der Waals surface area contributed by atoms with Crippen LogP contribution in [-0.2, 0) is 6.42 Å². The molecular weight excluding hydrogens is 304 g/mol. The van der Waals surface area contributed by atoms with Crippen molar-refractivity contribution in [1.82, 2.24) is 20.4 Å². The summed E-state index contributed by atoms with van der Waals surface area (Å²) < 4.78 is 4.82. The van der Waals surface area contributed by atoms with Gasteiger partial charge in [-0.1, -0.05) is 5.16 Å². The highest BCUT2D eigenvalue weighted by Crippen LogP contribution is 2.11. The number of halogens is 1. The van der Waals surface area contributed by atoms with Gasteiger partial charge in [0.25, 0.3) is 5.91 Å². The number of hydrogen-bond donors (Lipinski definition) is 2. The molecule has 0 radical (unpaired) electrons. The van der Waals surface area contributed by atoms with Gasteiger partial charge in [0.15, 0.2) is 5.82 Å². The molecule has 0 unspecified atom stereocenters. The van der Waals surface area contributed by atoms with Gasteiger partial charge in [-0.2, -0.15) is 0 Å². The second-order valence-electron chi connectivity index (χ2n) is 3.39. The molecule has 0 atom stereocenters. The van der Waals surface area contributed by atoms with E-state index in [9.17, 15) is 9.59 Å². The number of carbonyl (C=O) groups is 1. The maximum absolute atomic E-state index is 11.8. The summed E-state index contributed by atoms with van der Waals surface area (Å²) in [7, 11) is 0. The molecule has 8 heteroatoms. The number of nitrogens with zero attached hydrogens (tertiary/aromatic N) is 2. The Labute approximate surface area is 110 Å². The molecule has 7 nitrogen and oxygen atoms in total. The Bertz CT molecular complexity index is 607. The van der Waals surface area contributed by atoms with Gasteiger partial charge in [0.1, 0.15) is 4.60 Å². The Hall–Kier alpha value is -1.96. The quantitative estimate of drug-likeness (QED) is 0.800. The number of carbonyl (C=O) groups excluding carboxylic acids is 1. The first-order chi connectivity index (χ1) is 8.66. The third-order valence-corrected chi connectivity index (χ3v) is 2.77. The summed E-state index contributed by atoms with van der Waals surface area (Å²) >= 11 is 3.19. The highest BCUT2D eigenvalue weighted by atomic mass is 79.9. The molecule has 0 bridgehead atoms. The lowest BCUT2D eigenvalue weighted by molar-refractivity contribution is 0.0952. The van der Waals surface area contributed by atoms with Crippen molar-refractivity contribution >= 4 is 21.8 Å². The fourth-order valence-corrected chi connectivity index (χ4v) is 1.74. The molecule has 0 saturated heterocycles. The zero-order chi connectivity index (χ0) is 13.0. The number of aromatic nitrogens is 3. The fraction of sp³-hybridized carbons (Fsp3) is 0.200. The van der Waals surface area contributed by atoms with Gasteiger partial charge >= 0.3 is 5.76 Å². The van der Waals surface area contributed by atoms with E-state index in [0.717, 1.165) is 0 Å². The summed E-state index contributed by atoms with van der Waals surface area (Å²) in [6.45, 7) is 0.336. The molecule has 0 saturated carbocycles. The van der Waals surface area contributed by atoms with E-state index in [1.807, 2.05) is 0 Å².